The van der Waals surface area contributed by atoms with Crippen molar-refractivity contribution in [1.29, 1.82) is 5.26 Å². The van der Waals surface area contributed by atoms with Crippen LogP contribution >= 0.6 is 0 Å². The zero-order chi connectivity index (χ0) is 23.2. The molecule has 1 fully saturated rings. The molecule has 0 bridgehead atoms. The van der Waals surface area contributed by atoms with Gasteiger partial charge in [0.05, 0.1) is 30.5 Å². The largest absolute Gasteiger partial charge is 0.437 e. The summed E-state index contributed by atoms with van der Waals surface area (Å²) in [6.45, 7) is 8.40. The van der Waals surface area contributed by atoms with Crippen molar-refractivity contribution in [2.24, 2.45) is 10.7 Å². The molecule has 0 atom stereocenters. The fourth-order valence-corrected chi connectivity index (χ4v) is 3.19. The molecule has 1 saturated heterocycles. The van der Waals surface area contributed by atoms with E-state index in [1.165, 1.54) is 0 Å². The van der Waals surface area contributed by atoms with E-state index in [0.717, 1.165) is 57.0 Å². The number of ether oxygens (including phenoxy) is 2. The maximum absolute atomic E-state index is 9.39. The number of anilines is 1. The molecule has 0 saturated carbocycles. The van der Waals surface area contributed by atoms with Crippen molar-refractivity contribution < 1.29 is 9.47 Å². The van der Waals surface area contributed by atoms with Gasteiger partial charge in [-0.2, -0.15) is 5.26 Å². The predicted molar refractivity (Wildman–Crippen MR) is 131 cm³/mol. The van der Waals surface area contributed by atoms with Gasteiger partial charge in [0.15, 0.2) is 5.75 Å². The summed E-state index contributed by atoms with van der Waals surface area (Å²) in [6.07, 6.45) is 11.9. The maximum atomic E-state index is 9.39. The molecule has 2 rings (SSSR count). The normalized spacial score (nSPS) is 16.0. The fraction of sp³-hybridized carbons (Fsp3) is 0.440. The Bertz CT molecular complexity index is 877. The number of rotatable bonds is 11. The quantitative estimate of drug-likeness (QED) is 0.322. The Morgan fingerprint density at radius 3 is 2.81 bits per heavy atom. The second-order valence-corrected chi connectivity index (χ2v) is 7.45. The Labute approximate surface area is 192 Å². The SMILES string of the molecule is CC=N/C(=C\CN1CCOCC1)Oc1cc(C#N)ccc1N(C)/C=C(\C=C\CCC)CN. The van der Waals surface area contributed by atoms with E-state index in [-0.39, 0.29) is 0 Å². The summed E-state index contributed by atoms with van der Waals surface area (Å²) in [5.41, 5.74) is 8.28. The molecule has 1 aromatic rings. The number of hydrogen-bond acceptors (Lipinski definition) is 7. The summed E-state index contributed by atoms with van der Waals surface area (Å²) in [5.74, 6) is 1.06. The van der Waals surface area contributed by atoms with Crippen molar-refractivity contribution in [3.8, 4) is 11.8 Å². The highest BCUT2D eigenvalue weighted by Crippen LogP contribution is 2.31. The topological polar surface area (TPSA) is 87.1 Å². The number of morpholine rings is 1. The van der Waals surface area contributed by atoms with Crippen molar-refractivity contribution in [1.82, 2.24) is 4.90 Å². The molecule has 0 unspecified atom stereocenters. The minimum atomic E-state index is 0.432. The smallest absolute Gasteiger partial charge is 0.216 e. The van der Waals surface area contributed by atoms with Gasteiger partial charge in [0, 0.05) is 51.7 Å². The monoisotopic (exact) mass is 437 g/mol. The Morgan fingerprint density at radius 2 is 2.16 bits per heavy atom. The standard InChI is InChI=1S/C25H35N5O2/c1-4-6-7-8-22(19-27)20-29(3)23-10-9-21(18-26)17-24(23)32-25(28-5-2)11-12-30-13-15-31-16-14-30/h5,7-11,17,20H,4,6,12-16,19,27H2,1-3H3/b8-7+,22-20+,25-11+,28-5?. The third-order valence-corrected chi connectivity index (χ3v) is 4.95. The fourth-order valence-electron chi connectivity index (χ4n) is 3.19. The summed E-state index contributed by atoms with van der Waals surface area (Å²) in [6, 6.07) is 7.58. The van der Waals surface area contributed by atoms with E-state index in [9.17, 15) is 5.26 Å². The number of nitriles is 1. The molecule has 2 N–H and O–H groups in total. The Hall–Kier alpha value is -2.92. The molecule has 1 aliphatic rings. The van der Waals surface area contributed by atoms with Crippen LogP contribution in [0.5, 0.6) is 5.75 Å². The molecule has 1 heterocycles. The van der Waals surface area contributed by atoms with Crippen LogP contribution in [0, 0.1) is 11.3 Å². The van der Waals surface area contributed by atoms with E-state index in [1.807, 2.05) is 37.2 Å². The van der Waals surface area contributed by atoms with E-state index >= 15 is 0 Å². The Kier molecular flexibility index (Phi) is 11.2. The van der Waals surface area contributed by atoms with Gasteiger partial charge in [0.25, 0.3) is 0 Å². The number of benzene rings is 1. The van der Waals surface area contributed by atoms with Gasteiger partial charge in [-0.05, 0) is 37.1 Å². The molecule has 0 aliphatic carbocycles. The van der Waals surface area contributed by atoms with Crippen LogP contribution in [0.3, 0.4) is 0 Å². The van der Waals surface area contributed by atoms with E-state index < -0.39 is 0 Å². The highest BCUT2D eigenvalue weighted by Gasteiger charge is 2.13. The summed E-state index contributed by atoms with van der Waals surface area (Å²) >= 11 is 0. The van der Waals surface area contributed by atoms with E-state index in [4.69, 9.17) is 15.2 Å². The van der Waals surface area contributed by atoms with Crippen molar-refractivity contribution in [3.63, 3.8) is 0 Å². The highest BCUT2D eigenvalue weighted by molar-refractivity contribution is 5.63. The van der Waals surface area contributed by atoms with Crippen LogP contribution in [0.15, 0.2) is 59.1 Å². The number of allylic oxidation sites excluding steroid dienone is 1. The van der Waals surface area contributed by atoms with Crippen LogP contribution in [-0.2, 0) is 4.74 Å². The number of nitrogens with two attached hydrogens (primary N) is 1. The second kappa shape index (κ2) is 14.2. The van der Waals surface area contributed by atoms with Crippen molar-refractivity contribution in [2.75, 3.05) is 51.3 Å². The van der Waals surface area contributed by atoms with Gasteiger partial charge in [-0.15, -0.1) is 0 Å². The summed E-state index contributed by atoms with van der Waals surface area (Å²) in [7, 11) is 1.94. The lowest BCUT2D eigenvalue weighted by molar-refractivity contribution is 0.0431. The first-order chi connectivity index (χ1) is 15.6. The lowest BCUT2D eigenvalue weighted by Gasteiger charge is -2.25. The van der Waals surface area contributed by atoms with Crippen molar-refractivity contribution in [2.45, 2.75) is 26.7 Å². The lowest BCUT2D eigenvalue weighted by Crippen LogP contribution is -2.36. The number of nitrogens with zero attached hydrogens (tertiary/aromatic N) is 4. The highest BCUT2D eigenvalue weighted by atomic mass is 16.5. The average Bonchev–Trinajstić information content (AvgIpc) is 2.82. The van der Waals surface area contributed by atoms with Gasteiger partial charge < -0.3 is 20.1 Å². The van der Waals surface area contributed by atoms with Crippen LogP contribution < -0.4 is 15.4 Å². The zero-order valence-corrected chi connectivity index (χ0v) is 19.5. The molecule has 172 valence electrons. The average molecular weight is 438 g/mol. The lowest BCUT2D eigenvalue weighted by atomic mass is 10.2. The number of aliphatic imine (C=N–C) groups is 1. The molecule has 32 heavy (non-hydrogen) atoms. The maximum Gasteiger partial charge on any atom is 0.216 e. The van der Waals surface area contributed by atoms with E-state index in [0.29, 0.717) is 23.7 Å². The first-order valence-electron chi connectivity index (χ1n) is 11.1. The van der Waals surface area contributed by atoms with Gasteiger partial charge in [-0.3, -0.25) is 4.90 Å². The summed E-state index contributed by atoms with van der Waals surface area (Å²) in [4.78, 5) is 8.64. The van der Waals surface area contributed by atoms with Gasteiger partial charge in [0.2, 0.25) is 5.88 Å². The van der Waals surface area contributed by atoms with Gasteiger partial charge >= 0.3 is 0 Å². The molecule has 7 nitrogen and oxygen atoms in total. The molecule has 0 amide bonds. The molecular formula is C25H35N5O2. The minimum absolute atomic E-state index is 0.432. The Morgan fingerprint density at radius 1 is 1.38 bits per heavy atom. The minimum Gasteiger partial charge on any atom is -0.437 e. The van der Waals surface area contributed by atoms with Crippen LogP contribution in [0.2, 0.25) is 0 Å². The molecular weight excluding hydrogens is 402 g/mol. The van der Waals surface area contributed by atoms with Crippen LogP contribution in [0.1, 0.15) is 32.3 Å². The number of unbranched alkanes of at least 4 members (excludes halogenated alkanes) is 1. The number of hydrogen-bond donors (Lipinski definition) is 1. The predicted octanol–water partition coefficient (Wildman–Crippen LogP) is 3.84. The van der Waals surface area contributed by atoms with Crippen molar-refractivity contribution >= 4 is 11.9 Å². The summed E-state index contributed by atoms with van der Waals surface area (Å²) < 4.78 is 11.6. The van der Waals surface area contributed by atoms with Crippen LogP contribution in [-0.4, -0.2) is 57.6 Å². The third-order valence-electron chi connectivity index (χ3n) is 4.95. The van der Waals surface area contributed by atoms with E-state index in [2.05, 4.69) is 35.0 Å². The van der Waals surface area contributed by atoms with Gasteiger partial charge in [-0.1, -0.05) is 25.5 Å². The molecule has 7 heteroatoms. The van der Waals surface area contributed by atoms with Crippen LogP contribution in [0.4, 0.5) is 5.69 Å². The molecule has 1 aromatic carbocycles. The molecule has 0 spiro atoms. The van der Waals surface area contributed by atoms with E-state index in [1.54, 1.807) is 18.3 Å². The molecule has 0 radical (unpaired) electrons. The first-order valence-corrected chi connectivity index (χ1v) is 11.1. The Balaban J connectivity index is 2.29. The molecule has 0 aromatic heterocycles. The van der Waals surface area contributed by atoms with Gasteiger partial charge in [0.1, 0.15) is 0 Å². The first kappa shape index (κ1) is 25.3. The van der Waals surface area contributed by atoms with Crippen molar-refractivity contribution in [3.05, 3.63) is 59.6 Å². The second-order valence-electron chi connectivity index (χ2n) is 7.45. The zero-order valence-electron chi connectivity index (χ0n) is 19.5. The van der Waals surface area contributed by atoms with Crippen LogP contribution in [0.25, 0.3) is 0 Å². The third kappa shape index (κ3) is 8.31. The van der Waals surface area contributed by atoms with Gasteiger partial charge in [-0.25, -0.2) is 4.99 Å². The molecule has 1 aliphatic heterocycles. The summed E-state index contributed by atoms with van der Waals surface area (Å²) in [5, 5.41) is 9.39.